The molecule has 0 unspecified atom stereocenters. The molecule has 0 bridgehead atoms. The number of ether oxygens (including phenoxy) is 3. The van der Waals surface area contributed by atoms with Crippen molar-refractivity contribution in [2.75, 3.05) is 13.2 Å². The maximum absolute atomic E-state index is 12.8. The highest BCUT2D eigenvalue weighted by molar-refractivity contribution is 5.94. The van der Waals surface area contributed by atoms with E-state index in [9.17, 15) is 4.79 Å². The Bertz CT molecular complexity index is 799. The first-order chi connectivity index (χ1) is 13.4. The number of amides is 1. The SMILES string of the molecule is CC(C)OCc1ccc(C(=O)N[C@@H](c2ccc3c(c2)OCCO3)C(C)C)cc1. The first-order valence-corrected chi connectivity index (χ1v) is 9.85. The highest BCUT2D eigenvalue weighted by Gasteiger charge is 2.22. The van der Waals surface area contributed by atoms with Crippen molar-refractivity contribution in [3.8, 4) is 11.5 Å². The molecule has 1 N–H and O–H groups in total. The summed E-state index contributed by atoms with van der Waals surface area (Å²) in [5.41, 5.74) is 2.70. The molecule has 0 aromatic heterocycles. The Morgan fingerprint density at radius 3 is 2.32 bits per heavy atom. The van der Waals surface area contributed by atoms with Crippen LogP contribution in [0.25, 0.3) is 0 Å². The number of hydrogen-bond donors (Lipinski definition) is 1. The maximum atomic E-state index is 12.8. The number of carbonyl (C=O) groups is 1. The standard InChI is InChI=1S/C23H29NO4/c1-15(2)22(19-9-10-20-21(13-19)27-12-11-26-20)24-23(25)18-7-5-17(6-8-18)14-28-16(3)4/h5-10,13,15-16,22H,11-12,14H2,1-4H3,(H,24,25)/t22-/m1/s1. The minimum absolute atomic E-state index is 0.0927. The first kappa shape index (κ1) is 20.2. The summed E-state index contributed by atoms with van der Waals surface area (Å²) < 4.78 is 16.9. The molecule has 0 radical (unpaired) electrons. The molecular weight excluding hydrogens is 354 g/mol. The minimum Gasteiger partial charge on any atom is -0.486 e. The molecule has 150 valence electrons. The summed E-state index contributed by atoms with van der Waals surface area (Å²) in [6.07, 6.45) is 0.181. The van der Waals surface area contributed by atoms with Gasteiger partial charge in [0.2, 0.25) is 0 Å². The van der Waals surface area contributed by atoms with E-state index in [1.165, 1.54) is 0 Å². The summed E-state index contributed by atoms with van der Waals surface area (Å²) in [4.78, 5) is 12.8. The van der Waals surface area contributed by atoms with E-state index in [2.05, 4.69) is 19.2 Å². The van der Waals surface area contributed by atoms with Crippen LogP contribution < -0.4 is 14.8 Å². The average Bonchev–Trinajstić information content (AvgIpc) is 2.70. The Kier molecular flexibility index (Phi) is 6.57. The summed E-state index contributed by atoms with van der Waals surface area (Å²) in [7, 11) is 0. The highest BCUT2D eigenvalue weighted by atomic mass is 16.6. The van der Waals surface area contributed by atoms with Gasteiger partial charge >= 0.3 is 0 Å². The zero-order chi connectivity index (χ0) is 20.1. The van der Waals surface area contributed by atoms with Crippen LogP contribution in [0.4, 0.5) is 0 Å². The van der Waals surface area contributed by atoms with Gasteiger partial charge < -0.3 is 19.5 Å². The van der Waals surface area contributed by atoms with Gasteiger partial charge in [0.15, 0.2) is 11.5 Å². The summed E-state index contributed by atoms with van der Waals surface area (Å²) in [6.45, 7) is 9.85. The lowest BCUT2D eigenvalue weighted by Crippen LogP contribution is -2.32. The fourth-order valence-electron chi connectivity index (χ4n) is 3.13. The van der Waals surface area contributed by atoms with Gasteiger partial charge in [0.25, 0.3) is 5.91 Å². The van der Waals surface area contributed by atoms with Crippen LogP contribution in [0.15, 0.2) is 42.5 Å². The van der Waals surface area contributed by atoms with Crippen LogP contribution in [0, 0.1) is 5.92 Å². The van der Waals surface area contributed by atoms with Crippen molar-refractivity contribution in [2.24, 2.45) is 5.92 Å². The summed E-state index contributed by atoms with van der Waals surface area (Å²) in [5, 5.41) is 3.16. The lowest BCUT2D eigenvalue weighted by atomic mass is 9.95. The minimum atomic E-state index is -0.118. The van der Waals surface area contributed by atoms with Gasteiger partial charge in [-0.05, 0) is 55.2 Å². The van der Waals surface area contributed by atoms with E-state index in [4.69, 9.17) is 14.2 Å². The van der Waals surface area contributed by atoms with E-state index in [1.807, 2.05) is 56.3 Å². The van der Waals surface area contributed by atoms with Gasteiger partial charge in [-0.25, -0.2) is 0 Å². The van der Waals surface area contributed by atoms with Crippen molar-refractivity contribution in [1.82, 2.24) is 5.32 Å². The molecule has 1 aliphatic rings. The third-order valence-corrected chi connectivity index (χ3v) is 4.68. The monoisotopic (exact) mass is 383 g/mol. The molecule has 0 saturated carbocycles. The van der Waals surface area contributed by atoms with Gasteiger partial charge in [-0.2, -0.15) is 0 Å². The Morgan fingerprint density at radius 2 is 1.68 bits per heavy atom. The van der Waals surface area contributed by atoms with Crippen LogP contribution >= 0.6 is 0 Å². The molecule has 1 atom stereocenters. The smallest absolute Gasteiger partial charge is 0.251 e. The lowest BCUT2D eigenvalue weighted by Gasteiger charge is -2.25. The number of rotatable bonds is 7. The number of benzene rings is 2. The Morgan fingerprint density at radius 1 is 1.00 bits per heavy atom. The number of hydrogen-bond acceptors (Lipinski definition) is 4. The molecule has 1 heterocycles. The zero-order valence-electron chi connectivity index (χ0n) is 17.0. The maximum Gasteiger partial charge on any atom is 0.251 e. The molecule has 0 aliphatic carbocycles. The Hall–Kier alpha value is -2.53. The predicted molar refractivity (Wildman–Crippen MR) is 109 cm³/mol. The molecule has 0 fully saturated rings. The van der Waals surface area contributed by atoms with Crippen LogP contribution in [0.5, 0.6) is 11.5 Å². The first-order valence-electron chi connectivity index (χ1n) is 9.85. The second kappa shape index (κ2) is 9.11. The predicted octanol–water partition coefficient (Wildman–Crippen LogP) is 4.51. The number of fused-ring (bicyclic) bond motifs is 1. The van der Waals surface area contributed by atoms with Gasteiger partial charge in [-0.15, -0.1) is 0 Å². The van der Waals surface area contributed by atoms with Crippen LogP contribution in [0.2, 0.25) is 0 Å². The van der Waals surface area contributed by atoms with E-state index in [1.54, 1.807) is 0 Å². The molecule has 5 nitrogen and oxygen atoms in total. The van der Waals surface area contributed by atoms with Crippen molar-refractivity contribution >= 4 is 5.91 Å². The van der Waals surface area contributed by atoms with Crippen LogP contribution in [-0.4, -0.2) is 25.2 Å². The van der Waals surface area contributed by atoms with Gasteiger partial charge in [0.05, 0.1) is 18.8 Å². The molecule has 0 saturated heterocycles. The lowest BCUT2D eigenvalue weighted by molar-refractivity contribution is 0.0656. The molecule has 1 amide bonds. The quantitative estimate of drug-likeness (QED) is 0.764. The Balaban J connectivity index is 1.71. The van der Waals surface area contributed by atoms with Gasteiger partial charge in [0.1, 0.15) is 13.2 Å². The summed E-state index contributed by atoms with van der Waals surface area (Å²) >= 11 is 0. The van der Waals surface area contributed by atoms with Gasteiger partial charge in [0, 0.05) is 5.56 Å². The van der Waals surface area contributed by atoms with E-state index < -0.39 is 0 Å². The third-order valence-electron chi connectivity index (χ3n) is 4.68. The van der Waals surface area contributed by atoms with Crippen molar-refractivity contribution in [1.29, 1.82) is 0 Å². The van der Waals surface area contributed by atoms with Crippen LogP contribution in [0.3, 0.4) is 0 Å². The second-order valence-electron chi connectivity index (χ2n) is 7.65. The molecule has 28 heavy (non-hydrogen) atoms. The molecular formula is C23H29NO4. The fourth-order valence-corrected chi connectivity index (χ4v) is 3.13. The summed E-state index contributed by atoms with van der Waals surface area (Å²) in [6, 6.07) is 13.3. The van der Waals surface area contributed by atoms with E-state index in [-0.39, 0.29) is 24.0 Å². The highest BCUT2D eigenvalue weighted by Crippen LogP contribution is 2.34. The summed E-state index contributed by atoms with van der Waals surface area (Å²) in [5.74, 6) is 1.62. The molecule has 0 spiro atoms. The zero-order valence-corrected chi connectivity index (χ0v) is 17.0. The molecule has 2 aromatic carbocycles. The second-order valence-corrected chi connectivity index (χ2v) is 7.65. The molecule has 2 aromatic rings. The number of carbonyl (C=O) groups excluding carboxylic acids is 1. The Labute approximate surface area is 167 Å². The third kappa shape index (κ3) is 5.04. The van der Waals surface area contributed by atoms with Gasteiger partial charge in [-0.1, -0.05) is 32.0 Å². The average molecular weight is 383 g/mol. The van der Waals surface area contributed by atoms with Crippen LogP contribution in [-0.2, 0) is 11.3 Å². The molecule has 5 heteroatoms. The van der Waals surface area contributed by atoms with E-state index >= 15 is 0 Å². The van der Waals surface area contributed by atoms with Crippen molar-refractivity contribution < 1.29 is 19.0 Å². The molecule has 1 aliphatic heterocycles. The fraction of sp³-hybridized carbons (Fsp3) is 0.435. The number of nitrogens with one attached hydrogen (secondary N) is 1. The van der Waals surface area contributed by atoms with Crippen molar-refractivity contribution in [2.45, 2.75) is 46.4 Å². The van der Waals surface area contributed by atoms with Crippen molar-refractivity contribution in [3.63, 3.8) is 0 Å². The van der Waals surface area contributed by atoms with Crippen LogP contribution in [0.1, 0.15) is 55.2 Å². The van der Waals surface area contributed by atoms with Crippen molar-refractivity contribution in [3.05, 3.63) is 59.2 Å². The topological polar surface area (TPSA) is 56.8 Å². The van der Waals surface area contributed by atoms with Gasteiger partial charge in [-0.3, -0.25) is 4.79 Å². The molecule has 3 rings (SSSR count). The largest absolute Gasteiger partial charge is 0.486 e. The van der Waals surface area contributed by atoms with E-state index in [0.717, 1.165) is 22.6 Å². The van der Waals surface area contributed by atoms with E-state index in [0.29, 0.717) is 25.4 Å². The normalized spacial score (nSPS) is 14.2.